The molecule has 0 aliphatic heterocycles. The predicted molar refractivity (Wildman–Crippen MR) is 111 cm³/mol. The summed E-state index contributed by atoms with van der Waals surface area (Å²) in [6, 6.07) is 14.5. The number of nitrogens with one attached hydrogen (secondary N) is 1. The lowest BCUT2D eigenvalue weighted by atomic mass is 10.1. The average molecular weight is 381 g/mol. The quantitative estimate of drug-likeness (QED) is 0.632. The minimum atomic E-state index is -0.205. The second-order valence-electron chi connectivity index (χ2n) is 6.58. The van der Waals surface area contributed by atoms with Gasteiger partial charge in [0.2, 0.25) is 0 Å². The summed E-state index contributed by atoms with van der Waals surface area (Å²) in [5.74, 6) is 0.522. The minimum absolute atomic E-state index is 0.0305. The fourth-order valence-corrected chi connectivity index (χ4v) is 3.66. The molecule has 0 saturated heterocycles. The van der Waals surface area contributed by atoms with Crippen LogP contribution in [0, 0.1) is 13.8 Å². The van der Waals surface area contributed by atoms with Crippen LogP contribution in [0.1, 0.15) is 34.1 Å². The number of anilines is 1. The number of rotatable bonds is 7. The molecule has 0 atom stereocenters. The van der Waals surface area contributed by atoms with Crippen LogP contribution in [0.2, 0.25) is 0 Å². The highest BCUT2D eigenvalue weighted by Gasteiger charge is 2.09. The molecule has 1 aromatic heterocycles. The summed E-state index contributed by atoms with van der Waals surface area (Å²) in [5.41, 5.74) is 4.77. The number of carbonyl (C=O) groups excluding carboxylic acids is 1. The fraction of sp³-hybridized carbons (Fsp3) is 0.273. The molecule has 4 nitrogen and oxygen atoms in total. The molecular formula is C22H24N2O2S. The van der Waals surface area contributed by atoms with E-state index in [0.717, 1.165) is 29.0 Å². The second-order valence-corrected chi connectivity index (χ2v) is 7.70. The molecule has 0 spiro atoms. The van der Waals surface area contributed by atoms with Gasteiger partial charge in [0.1, 0.15) is 5.75 Å². The maximum absolute atomic E-state index is 12.1. The van der Waals surface area contributed by atoms with Gasteiger partial charge in [-0.3, -0.25) is 10.1 Å². The minimum Gasteiger partial charge on any atom is -0.483 e. The van der Waals surface area contributed by atoms with E-state index < -0.39 is 0 Å². The molecule has 0 bridgehead atoms. The summed E-state index contributed by atoms with van der Waals surface area (Å²) in [6.45, 7) is 6.12. The number of ether oxygens (including phenoxy) is 1. The zero-order valence-electron chi connectivity index (χ0n) is 15.9. The molecule has 0 fully saturated rings. The number of benzene rings is 2. The van der Waals surface area contributed by atoms with Crippen LogP contribution in [0.4, 0.5) is 5.13 Å². The van der Waals surface area contributed by atoms with Gasteiger partial charge in [-0.25, -0.2) is 4.98 Å². The third-order valence-electron chi connectivity index (χ3n) is 4.30. The largest absolute Gasteiger partial charge is 0.483 e. The zero-order chi connectivity index (χ0) is 19.2. The number of hydrogen-bond acceptors (Lipinski definition) is 4. The molecule has 0 saturated carbocycles. The molecule has 0 unspecified atom stereocenters. The lowest BCUT2D eigenvalue weighted by molar-refractivity contribution is -0.118. The topological polar surface area (TPSA) is 51.2 Å². The predicted octanol–water partition coefficient (Wildman–Crippen LogP) is 4.93. The van der Waals surface area contributed by atoms with E-state index in [1.54, 1.807) is 0 Å². The Morgan fingerprint density at radius 3 is 2.56 bits per heavy atom. The van der Waals surface area contributed by atoms with Gasteiger partial charge in [-0.2, -0.15) is 0 Å². The van der Waals surface area contributed by atoms with Crippen molar-refractivity contribution in [3.8, 4) is 5.75 Å². The summed E-state index contributed by atoms with van der Waals surface area (Å²) in [7, 11) is 0. The van der Waals surface area contributed by atoms with E-state index in [-0.39, 0.29) is 12.5 Å². The molecule has 0 aliphatic carbocycles. The maximum Gasteiger partial charge on any atom is 0.264 e. The first-order valence-electron chi connectivity index (χ1n) is 9.06. The van der Waals surface area contributed by atoms with Gasteiger partial charge < -0.3 is 4.74 Å². The van der Waals surface area contributed by atoms with E-state index in [4.69, 9.17) is 4.74 Å². The Hall–Kier alpha value is -2.66. The van der Waals surface area contributed by atoms with Crippen LogP contribution in [0.15, 0.2) is 48.7 Å². The van der Waals surface area contributed by atoms with Crippen molar-refractivity contribution < 1.29 is 9.53 Å². The molecular weight excluding hydrogens is 356 g/mol. The third kappa shape index (κ3) is 5.41. The van der Waals surface area contributed by atoms with Crippen LogP contribution in [-0.4, -0.2) is 17.5 Å². The molecule has 27 heavy (non-hydrogen) atoms. The number of amides is 1. The van der Waals surface area contributed by atoms with Gasteiger partial charge >= 0.3 is 0 Å². The smallest absolute Gasteiger partial charge is 0.264 e. The van der Waals surface area contributed by atoms with E-state index in [2.05, 4.69) is 41.5 Å². The van der Waals surface area contributed by atoms with Crippen LogP contribution >= 0.6 is 11.3 Å². The molecule has 3 aromatic rings. The van der Waals surface area contributed by atoms with Gasteiger partial charge in [0.05, 0.1) is 0 Å². The summed E-state index contributed by atoms with van der Waals surface area (Å²) in [5, 5.41) is 3.41. The number of nitrogens with zero attached hydrogens (tertiary/aromatic N) is 1. The van der Waals surface area contributed by atoms with E-state index in [1.165, 1.54) is 28.0 Å². The van der Waals surface area contributed by atoms with Crippen LogP contribution in [-0.2, 0) is 17.6 Å². The molecule has 2 aromatic carbocycles. The van der Waals surface area contributed by atoms with E-state index in [0.29, 0.717) is 5.13 Å². The van der Waals surface area contributed by atoms with Crippen molar-refractivity contribution in [3.63, 3.8) is 0 Å². The van der Waals surface area contributed by atoms with Crippen LogP contribution in [0.25, 0.3) is 0 Å². The van der Waals surface area contributed by atoms with Gasteiger partial charge in [-0.15, -0.1) is 11.3 Å². The summed E-state index contributed by atoms with van der Waals surface area (Å²) in [4.78, 5) is 17.5. The highest BCUT2D eigenvalue weighted by Crippen LogP contribution is 2.22. The lowest BCUT2D eigenvalue weighted by Gasteiger charge is -2.09. The monoisotopic (exact) mass is 380 g/mol. The number of thiazole rings is 1. The molecule has 0 radical (unpaired) electrons. The van der Waals surface area contributed by atoms with Crippen molar-refractivity contribution >= 4 is 22.4 Å². The number of aromatic nitrogens is 1. The van der Waals surface area contributed by atoms with Gasteiger partial charge in [0, 0.05) is 17.5 Å². The first-order valence-corrected chi connectivity index (χ1v) is 9.87. The first-order chi connectivity index (χ1) is 13.0. The molecule has 1 amide bonds. The van der Waals surface area contributed by atoms with Gasteiger partial charge in [-0.05, 0) is 43.0 Å². The summed E-state index contributed by atoms with van der Waals surface area (Å²) >= 11 is 1.49. The van der Waals surface area contributed by atoms with Crippen molar-refractivity contribution in [2.75, 3.05) is 11.9 Å². The van der Waals surface area contributed by atoms with E-state index in [9.17, 15) is 4.79 Å². The number of aryl methyl sites for hydroxylation is 3. The molecule has 3 rings (SSSR count). The van der Waals surface area contributed by atoms with Gasteiger partial charge in [0.15, 0.2) is 11.7 Å². The molecule has 140 valence electrons. The Kier molecular flexibility index (Phi) is 6.24. The lowest BCUT2D eigenvalue weighted by Crippen LogP contribution is -2.20. The summed E-state index contributed by atoms with van der Waals surface area (Å²) < 4.78 is 5.61. The standard InChI is InChI=1S/C22H24N2O2S/c1-4-17-6-8-18(9-7-17)12-19-13-23-22(27-19)24-21(25)14-26-20-10-5-15(2)11-16(20)3/h5-11,13H,4,12,14H2,1-3H3,(H,23,24,25). The Morgan fingerprint density at radius 2 is 1.85 bits per heavy atom. The van der Waals surface area contributed by atoms with Crippen molar-refractivity contribution in [1.29, 1.82) is 0 Å². The van der Waals surface area contributed by atoms with E-state index >= 15 is 0 Å². The van der Waals surface area contributed by atoms with Gasteiger partial charge in [-0.1, -0.05) is 48.9 Å². The van der Waals surface area contributed by atoms with Crippen molar-refractivity contribution in [1.82, 2.24) is 4.98 Å². The molecule has 5 heteroatoms. The Bertz CT molecular complexity index is 916. The maximum atomic E-state index is 12.1. The molecule has 0 aliphatic rings. The number of carbonyl (C=O) groups is 1. The highest BCUT2D eigenvalue weighted by molar-refractivity contribution is 7.15. The third-order valence-corrected chi connectivity index (χ3v) is 5.21. The van der Waals surface area contributed by atoms with Gasteiger partial charge in [0.25, 0.3) is 5.91 Å². The Morgan fingerprint density at radius 1 is 1.11 bits per heavy atom. The fourth-order valence-electron chi connectivity index (χ4n) is 2.80. The van der Waals surface area contributed by atoms with E-state index in [1.807, 2.05) is 38.2 Å². The van der Waals surface area contributed by atoms with Crippen molar-refractivity contribution in [2.45, 2.75) is 33.6 Å². The van der Waals surface area contributed by atoms with Crippen molar-refractivity contribution in [2.24, 2.45) is 0 Å². The van der Waals surface area contributed by atoms with Crippen LogP contribution < -0.4 is 10.1 Å². The SMILES string of the molecule is CCc1ccc(Cc2cnc(NC(=O)COc3ccc(C)cc3C)s2)cc1. The number of hydrogen-bond donors (Lipinski definition) is 1. The molecule has 1 N–H and O–H groups in total. The van der Waals surface area contributed by atoms with Crippen molar-refractivity contribution in [3.05, 3.63) is 75.8 Å². The first kappa shape index (κ1) is 19.1. The average Bonchev–Trinajstić information content (AvgIpc) is 3.08. The highest BCUT2D eigenvalue weighted by atomic mass is 32.1. The van der Waals surface area contributed by atoms with Crippen LogP contribution in [0.3, 0.4) is 0 Å². The van der Waals surface area contributed by atoms with Crippen LogP contribution in [0.5, 0.6) is 5.75 Å². The second kappa shape index (κ2) is 8.82. The Balaban J connectivity index is 1.52. The summed E-state index contributed by atoms with van der Waals surface area (Å²) in [6.07, 6.45) is 3.68. The zero-order valence-corrected chi connectivity index (χ0v) is 16.7. The molecule has 1 heterocycles. The Labute approximate surface area is 164 Å². The normalized spacial score (nSPS) is 10.6.